The number of hydrogen-bond acceptors (Lipinski definition) is 2. The average Bonchev–Trinajstić information content (AvgIpc) is 2.48. The first kappa shape index (κ1) is 14.6. The SMILES string of the molecule is CC(CC(=O)c1ccccc1)N(C)c1ccc(Cl)cc1. The Labute approximate surface area is 125 Å². The lowest BCUT2D eigenvalue weighted by molar-refractivity contribution is 0.0975. The highest BCUT2D eigenvalue weighted by Gasteiger charge is 2.15. The van der Waals surface area contributed by atoms with Crippen LogP contribution in [-0.2, 0) is 0 Å². The van der Waals surface area contributed by atoms with E-state index < -0.39 is 0 Å². The van der Waals surface area contributed by atoms with Crippen molar-refractivity contribution in [1.82, 2.24) is 0 Å². The first-order chi connectivity index (χ1) is 9.58. The highest BCUT2D eigenvalue weighted by Crippen LogP contribution is 2.20. The van der Waals surface area contributed by atoms with E-state index in [4.69, 9.17) is 11.6 Å². The van der Waals surface area contributed by atoms with Crippen molar-refractivity contribution in [3.8, 4) is 0 Å². The molecule has 0 bridgehead atoms. The fourth-order valence-corrected chi connectivity index (χ4v) is 2.20. The average molecular weight is 288 g/mol. The molecule has 0 aliphatic rings. The van der Waals surface area contributed by atoms with E-state index in [9.17, 15) is 4.79 Å². The van der Waals surface area contributed by atoms with E-state index in [1.165, 1.54) is 0 Å². The summed E-state index contributed by atoms with van der Waals surface area (Å²) in [5.74, 6) is 0.166. The third-order valence-corrected chi connectivity index (χ3v) is 3.72. The summed E-state index contributed by atoms with van der Waals surface area (Å²) >= 11 is 5.89. The highest BCUT2D eigenvalue weighted by atomic mass is 35.5. The van der Waals surface area contributed by atoms with Gasteiger partial charge in [0.05, 0.1) is 0 Å². The Balaban J connectivity index is 2.02. The van der Waals surface area contributed by atoms with Crippen molar-refractivity contribution in [2.75, 3.05) is 11.9 Å². The van der Waals surface area contributed by atoms with Crippen LogP contribution >= 0.6 is 11.6 Å². The maximum atomic E-state index is 12.2. The minimum atomic E-state index is 0.129. The molecule has 0 aliphatic heterocycles. The standard InChI is InChI=1S/C17H18ClNO/c1-13(12-17(20)14-6-4-3-5-7-14)19(2)16-10-8-15(18)9-11-16/h3-11,13H,12H2,1-2H3. The zero-order valence-corrected chi connectivity index (χ0v) is 12.5. The van der Waals surface area contributed by atoms with Gasteiger partial charge in [-0.3, -0.25) is 4.79 Å². The summed E-state index contributed by atoms with van der Waals surface area (Å²) in [6, 6.07) is 17.2. The molecule has 0 saturated heterocycles. The summed E-state index contributed by atoms with van der Waals surface area (Å²) in [7, 11) is 1.99. The number of rotatable bonds is 5. The third kappa shape index (κ3) is 3.61. The molecule has 1 atom stereocenters. The molecule has 0 aliphatic carbocycles. The smallest absolute Gasteiger partial charge is 0.164 e. The molecule has 0 saturated carbocycles. The second-order valence-corrected chi connectivity index (χ2v) is 5.37. The van der Waals surface area contributed by atoms with Gasteiger partial charge in [-0.25, -0.2) is 0 Å². The summed E-state index contributed by atoms with van der Waals surface area (Å²) < 4.78 is 0. The number of benzene rings is 2. The number of anilines is 1. The Morgan fingerprint density at radius 2 is 1.70 bits per heavy atom. The quantitative estimate of drug-likeness (QED) is 0.758. The molecule has 0 radical (unpaired) electrons. The van der Waals surface area contributed by atoms with E-state index in [2.05, 4.69) is 11.8 Å². The highest BCUT2D eigenvalue weighted by molar-refractivity contribution is 6.30. The summed E-state index contributed by atoms with van der Waals surface area (Å²) in [6.45, 7) is 2.05. The van der Waals surface area contributed by atoms with Crippen LogP contribution in [0, 0.1) is 0 Å². The number of carbonyl (C=O) groups excluding carboxylic acids is 1. The molecule has 0 N–H and O–H groups in total. The van der Waals surface area contributed by atoms with E-state index in [1.807, 2.05) is 61.6 Å². The summed E-state index contributed by atoms with van der Waals surface area (Å²) in [4.78, 5) is 14.3. The van der Waals surface area contributed by atoms with Crippen molar-refractivity contribution >= 4 is 23.1 Å². The monoisotopic (exact) mass is 287 g/mol. The Morgan fingerprint density at radius 3 is 2.30 bits per heavy atom. The molecule has 3 heteroatoms. The molecule has 0 fully saturated rings. The van der Waals surface area contributed by atoms with Crippen LogP contribution in [0.3, 0.4) is 0 Å². The zero-order valence-electron chi connectivity index (χ0n) is 11.7. The van der Waals surface area contributed by atoms with Crippen molar-refractivity contribution in [3.63, 3.8) is 0 Å². The van der Waals surface area contributed by atoms with Gasteiger partial charge in [-0.15, -0.1) is 0 Å². The van der Waals surface area contributed by atoms with Crippen LogP contribution in [0.15, 0.2) is 54.6 Å². The maximum absolute atomic E-state index is 12.2. The van der Waals surface area contributed by atoms with E-state index in [0.717, 1.165) is 16.3 Å². The van der Waals surface area contributed by atoms with Gasteiger partial charge in [-0.1, -0.05) is 41.9 Å². The lowest BCUT2D eigenvalue weighted by atomic mass is 10.0. The zero-order chi connectivity index (χ0) is 14.5. The predicted octanol–water partition coefficient (Wildman–Crippen LogP) is 4.44. The minimum absolute atomic E-state index is 0.129. The van der Waals surface area contributed by atoms with Crippen LogP contribution in [0.25, 0.3) is 0 Å². The van der Waals surface area contributed by atoms with Gasteiger partial charge in [0, 0.05) is 35.8 Å². The number of hydrogen-bond donors (Lipinski definition) is 0. The molecular weight excluding hydrogens is 270 g/mol. The third-order valence-electron chi connectivity index (χ3n) is 3.47. The molecule has 0 amide bonds. The molecule has 104 valence electrons. The van der Waals surface area contributed by atoms with E-state index >= 15 is 0 Å². The number of nitrogens with zero attached hydrogens (tertiary/aromatic N) is 1. The van der Waals surface area contributed by atoms with Crippen LogP contribution < -0.4 is 4.90 Å². The molecule has 2 aromatic carbocycles. The normalized spacial score (nSPS) is 11.9. The van der Waals surface area contributed by atoms with Gasteiger partial charge in [0.1, 0.15) is 0 Å². The predicted molar refractivity (Wildman–Crippen MR) is 84.7 cm³/mol. The first-order valence-corrected chi connectivity index (χ1v) is 7.02. The summed E-state index contributed by atoms with van der Waals surface area (Å²) in [6.07, 6.45) is 0.489. The van der Waals surface area contributed by atoms with Gasteiger partial charge in [-0.2, -0.15) is 0 Å². The Morgan fingerprint density at radius 1 is 1.10 bits per heavy atom. The van der Waals surface area contributed by atoms with Gasteiger partial charge in [-0.05, 0) is 31.2 Å². The molecule has 2 nitrogen and oxygen atoms in total. The Kier molecular flexibility index (Phi) is 4.80. The van der Waals surface area contributed by atoms with Crippen LogP contribution in [-0.4, -0.2) is 18.9 Å². The summed E-state index contributed by atoms with van der Waals surface area (Å²) in [5, 5.41) is 0.718. The largest absolute Gasteiger partial charge is 0.371 e. The van der Waals surface area contributed by atoms with E-state index in [-0.39, 0.29) is 11.8 Å². The molecule has 1 unspecified atom stereocenters. The molecule has 0 heterocycles. The Bertz CT molecular complexity index is 565. The minimum Gasteiger partial charge on any atom is -0.371 e. The number of ketones is 1. The second-order valence-electron chi connectivity index (χ2n) is 4.93. The van der Waals surface area contributed by atoms with Crippen LogP contribution in [0.1, 0.15) is 23.7 Å². The molecule has 2 rings (SSSR count). The molecule has 0 spiro atoms. The maximum Gasteiger partial charge on any atom is 0.164 e. The van der Waals surface area contributed by atoms with Gasteiger partial charge >= 0.3 is 0 Å². The van der Waals surface area contributed by atoms with Crippen LogP contribution in [0.4, 0.5) is 5.69 Å². The molecule has 0 aromatic heterocycles. The lowest BCUT2D eigenvalue weighted by Gasteiger charge is -2.26. The van der Waals surface area contributed by atoms with Crippen molar-refractivity contribution in [3.05, 3.63) is 65.2 Å². The molecule has 2 aromatic rings. The van der Waals surface area contributed by atoms with Crippen molar-refractivity contribution in [2.45, 2.75) is 19.4 Å². The van der Waals surface area contributed by atoms with Crippen molar-refractivity contribution in [2.24, 2.45) is 0 Å². The van der Waals surface area contributed by atoms with E-state index in [0.29, 0.717) is 6.42 Å². The Hall–Kier alpha value is -1.80. The number of carbonyl (C=O) groups is 1. The second kappa shape index (κ2) is 6.58. The fraction of sp³-hybridized carbons (Fsp3) is 0.235. The van der Waals surface area contributed by atoms with Crippen molar-refractivity contribution < 1.29 is 4.79 Å². The van der Waals surface area contributed by atoms with E-state index in [1.54, 1.807) is 0 Å². The van der Waals surface area contributed by atoms with Gasteiger partial charge in [0.2, 0.25) is 0 Å². The van der Waals surface area contributed by atoms with Crippen LogP contribution in [0.2, 0.25) is 5.02 Å². The van der Waals surface area contributed by atoms with Gasteiger partial charge in [0.25, 0.3) is 0 Å². The molecular formula is C17H18ClNO. The fourth-order valence-electron chi connectivity index (χ4n) is 2.08. The number of Topliss-reactive ketones (excluding diaryl/α,β-unsaturated/α-hetero) is 1. The van der Waals surface area contributed by atoms with Gasteiger partial charge in [0.15, 0.2) is 5.78 Å². The lowest BCUT2D eigenvalue weighted by Crippen LogP contribution is -2.30. The number of halogens is 1. The van der Waals surface area contributed by atoms with Crippen molar-refractivity contribution in [1.29, 1.82) is 0 Å². The van der Waals surface area contributed by atoms with Gasteiger partial charge < -0.3 is 4.90 Å². The molecule has 20 heavy (non-hydrogen) atoms. The van der Waals surface area contributed by atoms with Crippen LogP contribution in [0.5, 0.6) is 0 Å². The topological polar surface area (TPSA) is 20.3 Å². The summed E-state index contributed by atoms with van der Waals surface area (Å²) in [5.41, 5.74) is 1.83. The first-order valence-electron chi connectivity index (χ1n) is 6.64.